The summed E-state index contributed by atoms with van der Waals surface area (Å²) in [6.07, 6.45) is 5.45. The molecular weight excluding hydrogens is 316 g/mol. The van der Waals surface area contributed by atoms with Gasteiger partial charge in [-0.3, -0.25) is 9.59 Å². The fourth-order valence-corrected chi connectivity index (χ4v) is 5.40. The number of amides is 2. The molecule has 2 bridgehead atoms. The lowest BCUT2D eigenvalue weighted by molar-refractivity contribution is -0.129. The second kappa shape index (κ2) is 5.61. The number of hydrogen-bond acceptors (Lipinski definition) is 3. The lowest BCUT2D eigenvalue weighted by atomic mass is 9.69. The molecular formula is C20H28N2O3. The summed E-state index contributed by atoms with van der Waals surface area (Å²) < 4.78 is 5.32. The number of carbonyl (C=O) groups is 2. The Morgan fingerprint density at radius 3 is 2.80 bits per heavy atom. The highest BCUT2D eigenvalue weighted by Gasteiger charge is 2.61. The van der Waals surface area contributed by atoms with Gasteiger partial charge in [0.1, 0.15) is 5.76 Å². The highest BCUT2D eigenvalue weighted by molar-refractivity contribution is 5.89. The molecule has 2 saturated carbocycles. The van der Waals surface area contributed by atoms with Gasteiger partial charge in [0.25, 0.3) is 0 Å². The molecule has 1 N–H and O–H groups in total. The fraction of sp³-hybridized carbons (Fsp3) is 0.700. The molecule has 0 radical (unpaired) electrons. The van der Waals surface area contributed by atoms with Crippen molar-refractivity contribution >= 4 is 11.8 Å². The monoisotopic (exact) mass is 344 g/mol. The van der Waals surface area contributed by atoms with Crippen LogP contribution in [0.5, 0.6) is 0 Å². The molecule has 0 unspecified atom stereocenters. The molecule has 2 aliphatic carbocycles. The van der Waals surface area contributed by atoms with E-state index in [4.69, 9.17) is 4.42 Å². The van der Waals surface area contributed by atoms with E-state index >= 15 is 0 Å². The van der Waals surface area contributed by atoms with Gasteiger partial charge in [0, 0.05) is 19.0 Å². The average molecular weight is 344 g/mol. The summed E-state index contributed by atoms with van der Waals surface area (Å²) in [5.41, 5.74) is 0.450. The van der Waals surface area contributed by atoms with Crippen LogP contribution >= 0.6 is 0 Å². The van der Waals surface area contributed by atoms with Crippen molar-refractivity contribution in [3.8, 4) is 0 Å². The number of rotatable bonds is 4. The molecule has 3 fully saturated rings. The Kier molecular flexibility index (Phi) is 3.74. The van der Waals surface area contributed by atoms with Crippen molar-refractivity contribution in [3.63, 3.8) is 0 Å². The van der Waals surface area contributed by atoms with Crippen LogP contribution in [-0.2, 0) is 16.1 Å². The predicted molar refractivity (Wildman–Crippen MR) is 93.4 cm³/mol. The number of likely N-dealkylation sites (tertiary alicyclic amines) is 1. The van der Waals surface area contributed by atoms with Gasteiger partial charge >= 0.3 is 0 Å². The van der Waals surface area contributed by atoms with E-state index in [1.54, 1.807) is 11.2 Å². The predicted octanol–water partition coefficient (Wildman–Crippen LogP) is 2.96. The fourth-order valence-electron chi connectivity index (χ4n) is 5.40. The third kappa shape index (κ3) is 2.51. The maximum Gasteiger partial charge on any atom is 0.225 e. The Morgan fingerprint density at radius 2 is 2.20 bits per heavy atom. The number of fused-ring (bicyclic) bond motifs is 2. The van der Waals surface area contributed by atoms with Gasteiger partial charge in [0.2, 0.25) is 11.8 Å². The van der Waals surface area contributed by atoms with E-state index in [2.05, 4.69) is 26.1 Å². The SMILES string of the molecule is CC1(C)[C@H]2CC[C@@]1(C)[C@H](NC(=O)[C@H]1CC(=O)N(Cc3ccco3)C1)C2. The number of furan rings is 1. The summed E-state index contributed by atoms with van der Waals surface area (Å²) in [6, 6.07) is 3.92. The first-order valence-electron chi connectivity index (χ1n) is 9.42. The molecule has 1 aromatic rings. The zero-order valence-electron chi connectivity index (χ0n) is 15.4. The van der Waals surface area contributed by atoms with Crippen molar-refractivity contribution in [2.45, 2.75) is 59.0 Å². The van der Waals surface area contributed by atoms with E-state index in [0.29, 0.717) is 25.4 Å². The van der Waals surface area contributed by atoms with Gasteiger partial charge in [-0.05, 0) is 48.1 Å². The Labute approximate surface area is 149 Å². The van der Waals surface area contributed by atoms with Crippen LogP contribution in [0.15, 0.2) is 22.8 Å². The van der Waals surface area contributed by atoms with Crippen LogP contribution in [0.4, 0.5) is 0 Å². The molecule has 4 atom stereocenters. The van der Waals surface area contributed by atoms with E-state index < -0.39 is 0 Å². The molecule has 0 aromatic carbocycles. The van der Waals surface area contributed by atoms with Gasteiger partial charge in [0.15, 0.2) is 0 Å². The minimum Gasteiger partial charge on any atom is -0.467 e. The summed E-state index contributed by atoms with van der Waals surface area (Å²) in [4.78, 5) is 26.8. The van der Waals surface area contributed by atoms with Crippen LogP contribution < -0.4 is 5.32 Å². The summed E-state index contributed by atoms with van der Waals surface area (Å²) in [6.45, 7) is 7.96. The van der Waals surface area contributed by atoms with Crippen molar-refractivity contribution in [1.29, 1.82) is 0 Å². The smallest absolute Gasteiger partial charge is 0.225 e. The number of hydrogen-bond donors (Lipinski definition) is 1. The maximum atomic E-state index is 12.8. The van der Waals surface area contributed by atoms with Crippen LogP contribution in [0.2, 0.25) is 0 Å². The summed E-state index contributed by atoms with van der Waals surface area (Å²) >= 11 is 0. The molecule has 1 aromatic heterocycles. The topological polar surface area (TPSA) is 62.6 Å². The molecule has 2 amide bonds. The first-order valence-corrected chi connectivity index (χ1v) is 9.42. The van der Waals surface area contributed by atoms with Gasteiger partial charge in [-0.1, -0.05) is 20.8 Å². The molecule has 5 heteroatoms. The van der Waals surface area contributed by atoms with E-state index in [0.717, 1.165) is 12.2 Å². The largest absolute Gasteiger partial charge is 0.467 e. The number of nitrogens with one attached hydrogen (secondary N) is 1. The molecule has 2 heterocycles. The Bertz CT molecular complexity index is 681. The highest BCUT2D eigenvalue weighted by Crippen LogP contribution is 2.65. The first kappa shape index (κ1) is 16.7. The molecule has 4 rings (SSSR count). The molecule has 1 saturated heterocycles. The minimum atomic E-state index is -0.242. The molecule has 1 aliphatic heterocycles. The second-order valence-electron chi connectivity index (χ2n) is 8.93. The third-order valence-electron chi connectivity index (χ3n) is 7.62. The maximum absolute atomic E-state index is 12.8. The number of carbonyl (C=O) groups excluding carboxylic acids is 2. The van der Waals surface area contributed by atoms with Crippen LogP contribution in [0.1, 0.15) is 52.2 Å². The van der Waals surface area contributed by atoms with Gasteiger partial charge in [0.05, 0.1) is 18.7 Å². The van der Waals surface area contributed by atoms with Crippen molar-refractivity contribution < 1.29 is 14.0 Å². The van der Waals surface area contributed by atoms with Crippen molar-refractivity contribution in [2.24, 2.45) is 22.7 Å². The summed E-state index contributed by atoms with van der Waals surface area (Å²) in [5.74, 6) is 1.30. The van der Waals surface area contributed by atoms with E-state index in [1.165, 1.54) is 12.8 Å². The molecule has 5 nitrogen and oxygen atoms in total. The molecule has 0 spiro atoms. The minimum absolute atomic E-state index is 0.0380. The van der Waals surface area contributed by atoms with Crippen LogP contribution in [0, 0.1) is 22.7 Å². The Balaban J connectivity index is 1.39. The van der Waals surface area contributed by atoms with Gasteiger partial charge in [-0.15, -0.1) is 0 Å². The standard InChI is InChI=1S/C20H28N2O3/c1-19(2)14-6-7-20(19,3)16(10-14)21-18(24)13-9-17(23)22(11-13)12-15-5-4-8-25-15/h4-5,8,13-14,16H,6-7,9-12H2,1-3H3,(H,21,24)/t13-,14-,16+,20-/m0/s1. The molecule has 3 aliphatic rings. The molecule has 25 heavy (non-hydrogen) atoms. The normalized spacial score (nSPS) is 36.2. The zero-order chi connectivity index (χ0) is 17.8. The van der Waals surface area contributed by atoms with Crippen molar-refractivity contribution in [2.75, 3.05) is 6.54 Å². The van der Waals surface area contributed by atoms with E-state index in [9.17, 15) is 9.59 Å². The Morgan fingerprint density at radius 1 is 1.40 bits per heavy atom. The Hall–Kier alpha value is -1.78. The van der Waals surface area contributed by atoms with E-state index in [-0.39, 0.29) is 34.6 Å². The van der Waals surface area contributed by atoms with Crippen molar-refractivity contribution in [1.82, 2.24) is 10.2 Å². The zero-order valence-corrected chi connectivity index (χ0v) is 15.4. The molecule has 136 valence electrons. The number of nitrogens with zero attached hydrogens (tertiary/aromatic N) is 1. The van der Waals surface area contributed by atoms with Gasteiger partial charge in [-0.25, -0.2) is 0 Å². The average Bonchev–Trinajstić information content (AvgIpc) is 3.27. The summed E-state index contributed by atoms with van der Waals surface area (Å²) in [5, 5.41) is 3.31. The lowest BCUT2D eigenvalue weighted by Crippen LogP contribution is -2.48. The quantitative estimate of drug-likeness (QED) is 0.913. The van der Waals surface area contributed by atoms with Gasteiger partial charge in [-0.2, -0.15) is 0 Å². The van der Waals surface area contributed by atoms with Gasteiger partial charge < -0.3 is 14.6 Å². The van der Waals surface area contributed by atoms with E-state index in [1.807, 2.05) is 12.1 Å². The second-order valence-corrected chi connectivity index (χ2v) is 8.93. The third-order valence-corrected chi connectivity index (χ3v) is 7.62. The van der Waals surface area contributed by atoms with Crippen LogP contribution in [0.25, 0.3) is 0 Å². The van der Waals surface area contributed by atoms with Crippen molar-refractivity contribution in [3.05, 3.63) is 24.2 Å². The first-order chi connectivity index (χ1) is 11.8. The highest BCUT2D eigenvalue weighted by atomic mass is 16.3. The summed E-state index contributed by atoms with van der Waals surface area (Å²) in [7, 11) is 0. The van der Waals surface area contributed by atoms with Crippen LogP contribution in [-0.4, -0.2) is 29.3 Å². The lowest BCUT2D eigenvalue weighted by Gasteiger charge is -2.39. The van der Waals surface area contributed by atoms with Crippen LogP contribution in [0.3, 0.4) is 0 Å².